The van der Waals surface area contributed by atoms with E-state index in [-0.39, 0.29) is 0 Å². The Bertz CT molecular complexity index is 196. The molecule has 0 aromatic rings. The maximum atomic E-state index is 5.40. The predicted octanol–water partition coefficient (Wildman–Crippen LogP) is 1.36. The fourth-order valence-corrected chi connectivity index (χ4v) is 2.55. The second kappa shape index (κ2) is 9.73. The average molecular weight is 258 g/mol. The van der Waals surface area contributed by atoms with Crippen molar-refractivity contribution >= 4 is 0 Å². The van der Waals surface area contributed by atoms with Crippen molar-refractivity contribution in [2.45, 2.75) is 32.2 Å². The van der Waals surface area contributed by atoms with Crippen LogP contribution < -0.4 is 5.32 Å². The number of methoxy groups -OCH3 is 1. The molecule has 0 saturated carbocycles. The number of nitrogens with zero attached hydrogens (tertiary/aromatic N) is 1. The largest absolute Gasteiger partial charge is 0.383 e. The van der Waals surface area contributed by atoms with Crippen molar-refractivity contribution in [3.63, 3.8) is 0 Å². The molecule has 108 valence electrons. The summed E-state index contributed by atoms with van der Waals surface area (Å²) in [7, 11) is 3.99. The lowest BCUT2D eigenvalue weighted by molar-refractivity contribution is 0.0528. The first-order valence-electron chi connectivity index (χ1n) is 7.24. The average Bonchev–Trinajstić information content (AvgIpc) is 2.37. The Hall–Kier alpha value is -0.160. The van der Waals surface area contributed by atoms with Crippen LogP contribution in [0.5, 0.6) is 0 Å². The minimum atomic E-state index is 0.444. The van der Waals surface area contributed by atoms with Gasteiger partial charge in [-0.3, -0.25) is 0 Å². The molecule has 0 aliphatic carbocycles. The summed E-state index contributed by atoms with van der Waals surface area (Å²) in [5, 5.41) is 3.55. The lowest BCUT2D eigenvalue weighted by Crippen LogP contribution is -2.44. The van der Waals surface area contributed by atoms with Crippen LogP contribution in [-0.2, 0) is 9.47 Å². The number of likely N-dealkylation sites (N-methyl/N-ethyl adjacent to an activating group) is 1. The molecule has 1 fully saturated rings. The maximum Gasteiger partial charge on any atom is 0.0628 e. The van der Waals surface area contributed by atoms with Crippen LogP contribution in [0.25, 0.3) is 0 Å². The highest BCUT2D eigenvalue weighted by Gasteiger charge is 2.17. The van der Waals surface area contributed by atoms with E-state index in [1.54, 1.807) is 7.11 Å². The summed E-state index contributed by atoms with van der Waals surface area (Å²) in [6, 6.07) is 0.444. The van der Waals surface area contributed by atoms with Gasteiger partial charge in [-0.2, -0.15) is 0 Å². The van der Waals surface area contributed by atoms with Crippen molar-refractivity contribution in [3.05, 3.63) is 0 Å². The molecular weight excluding hydrogens is 228 g/mol. The molecule has 0 spiro atoms. The van der Waals surface area contributed by atoms with E-state index >= 15 is 0 Å². The van der Waals surface area contributed by atoms with Crippen LogP contribution in [0.4, 0.5) is 0 Å². The standard InChI is InChI=1S/C14H30N2O2/c1-4-7-15-14(12-17-3)11-16(2)10-13-5-8-18-9-6-13/h13-15H,4-12H2,1-3H3. The van der Waals surface area contributed by atoms with E-state index < -0.39 is 0 Å². The summed E-state index contributed by atoms with van der Waals surface area (Å²) >= 11 is 0. The number of hydrogen-bond donors (Lipinski definition) is 1. The molecule has 4 heteroatoms. The van der Waals surface area contributed by atoms with Gasteiger partial charge >= 0.3 is 0 Å². The smallest absolute Gasteiger partial charge is 0.0628 e. The monoisotopic (exact) mass is 258 g/mol. The first-order valence-corrected chi connectivity index (χ1v) is 7.24. The number of rotatable bonds is 9. The van der Waals surface area contributed by atoms with Crippen LogP contribution in [0.2, 0.25) is 0 Å². The summed E-state index contributed by atoms with van der Waals surface area (Å²) in [5.74, 6) is 0.804. The van der Waals surface area contributed by atoms with E-state index in [1.807, 2.05) is 0 Å². The molecule has 0 aromatic heterocycles. The quantitative estimate of drug-likeness (QED) is 0.677. The zero-order valence-corrected chi connectivity index (χ0v) is 12.3. The van der Waals surface area contributed by atoms with Crippen molar-refractivity contribution in [2.75, 3.05) is 53.6 Å². The summed E-state index contributed by atoms with van der Waals surface area (Å²) < 4.78 is 10.7. The molecule has 0 radical (unpaired) electrons. The Morgan fingerprint density at radius 1 is 1.39 bits per heavy atom. The van der Waals surface area contributed by atoms with Crippen molar-refractivity contribution < 1.29 is 9.47 Å². The highest BCUT2D eigenvalue weighted by Crippen LogP contribution is 2.15. The molecule has 1 aliphatic rings. The zero-order chi connectivity index (χ0) is 13.2. The Morgan fingerprint density at radius 3 is 2.72 bits per heavy atom. The molecule has 1 rings (SSSR count). The first-order chi connectivity index (χ1) is 8.76. The van der Waals surface area contributed by atoms with E-state index in [0.717, 1.165) is 38.8 Å². The normalized spacial score (nSPS) is 19.3. The Morgan fingerprint density at radius 2 is 2.11 bits per heavy atom. The van der Waals surface area contributed by atoms with Crippen molar-refractivity contribution in [1.82, 2.24) is 10.2 Å². The van der Waals surface area contributed by atoms with Crippen LogP contribution in [-0.4, -0.2) is 64.6 Å². The Balaban J connectivity index is 2.23. The van der Waals surface area contributed by atoms with Gasteiger partial charge in [0.1, 0.15) is 0 Å². The number of hydrogen-bond acceptors (Lipinski definition) is 4. The second-order valence-electron chi connectivity index (χ2n) is 5.38. The second-order valence-corrected chi connectivity index (χ2v) is 5.38. The van der Waals surface area contributed by atoms with Gasteiger partial charge in [0.25, 0.3) is 0 Å². The van der Waals surface area contributed by atoms with Crippen LogP contribution in [0.1, 0.15) is 26.2 Å². The predicted molar refractivity (Wildman–Crippen MR) is 75.0 cm³/mol. The van der Waals surface area contributed by atoms with Gasteiger partial charge < -0.3 is 19.7 Å². The molecule has 4 nitrogen and oxygen atoms in total. The minimum absolute atomic E-state index is 0.444. The lowest BCUT2D eigenvalue weighted by Gasteiger charge is -2.29. The summed E-state index contributed by atoms with van der Waals surface area (Å²) in [4.78, 5) is 2.43. The Labute approximate surface area is 112 Å². The van der Waals surface area contributed by atoms with E-state index in [9.17, 15) is 0 Å². The topological polar surface area (TPSA) is 33.7 Å². The van der Waals surface area contributed by atoms with Crippen LogP contribution in [0.3, 0.4) is 0 Å². The van der Waals surface area contributed by atoms with E-state index in [4.69, 9.17) is 9.47 Å². The molecule has 0 aromatic carbocycles. The maximum absolute atomic E-state index is 5.40. The van der Waals surface area contributed by atoms with Crippen molar-refractivity contribution in [2.24, 2.45) is 5.92 Å². The third kappa shape index (κ3) is 6.69. The third-order valence-electron chi connectivity index (χ3n) is 3.49. The van der Waals surface area contributed by atoms with Gasteiger partial charge in [-0.15, -0.1) is 0 Å². The molecule has 0 amide bonds. The van der Waals surface area contributed by atoms with Gasteiger partial charge in [-0.25, -0.2) is 0 Å². The van der Waals surface area contributed by atoms with Crippen molar-refractivity contribution in [3.8, 4) is 0 Å². The molecule has 1 saturated heterocycles. The van der Waals surface area contributed by atoms with E-state index in [0.29, 0.717) is 6.04 Å². The SMILES string of the molecule is CCCNC(COC)CN(C)CC1CCOCC1. The lowest BCUT2D eigenvalue weighted by atomic mass is 10.00. The van der Waals surface area contributed by atoms with Gasteiger partial charge in [0, 0.05) is 39.5 Å². The van der Waals surface area contributed by atoms with Gasteiger partial charge in [-0.1, -0.05) is 6.92 Å². The van der Waals surface area contributed by atoms with Gasteiger partial charge in [0.2, 0.25) is 0 Å². The number of ether oxygens (including phenoxy) is 2. The molecule has 18 heavy (non-hydrogen) atoms. The Kier molecular flexibility index (Phi) is 8.59. The van der Waals surface area contributed by atoms with E-state index in [2.05, 4.69) is 24.2 Å². The molecule has 0 bridgehead atoms. The number of nitrogens with one attached hydrogen (secondary N) is 1. The molecule has 1 atom stereocenters. The van der Waals surface area contributed by atoms with Gasteiger partial charge in [0.05, 0.1) is 6.61 Å². The fourth-order valence-electron chi connectivity index (χ4n) is 2.55. The highest BCUT2D eigenvalue weighted by molar-refractivity contribution is 4.73. The molecular formula is C14H30N2O2. The fraction of sp³-hybridized carbons (Fsp3) is 1.00. The van der Waals surface area contributed by atoms with Gasteiger partial charge in [0.15, 0.2) is 0 Å². The first kappa shape index (κ1) is 15.9. The summed E-state index contributed by atoms with van der Waals surface area (Å²) in [6.45, 7) is 8.17. The molecule has 1 N–H and O–H groups in total. The van der Waals surface area contributed by atoms with E-state index in [1.165, 1.54) is 25.8 Å². The highest BCUT2D eigenvalue weighted by atomic mass is 16.5. The van der Waals surface area contributed by atoms with Crippen LogP contribution in [0, 0.1) is 5.92 Å². The van der Waals surface area contributed by atoms with Crippen molar-refractivity contribution in [1.29, 1.82) is 0 Å². The molecule has 1 unspecified atom stereocenters. The third-order valence-corrected chi connectivity index (χ3v) is 3.49. The summed E-state index contributed by atoms with van der Waals surface area (Å²) in [5.41, 5.74) is 0. The molecule has 1 heterocycles. The van der Waals surface area contributed by atoms with Crippen LogP contribution >= 0.6 is 0 Å². The molecule has 1 aliphatic heterocycles. The minimum Gasteiger partial charge on any atom is -0.383 e. The zero-order valence-electron chi connectivity index (χ0n) is 12.3. The van der Waals surface area contributed by atoms with Crippen LogP contribution in [0.15, 0.2) is 0 Å². The van der Waals surface area contributed by atoms with Gasteiger partial charge in [-0.05, 0) is 38.8 Å². The summed E-state index contributed by atoms with van der Waals surface area (Å²) in [6.07, 6.45) is 3.59.